The minimum Gasteiger partial charge on any atom is -0.348 e. The quantitative estimate of drug-likeness (QED) is 0.737. The molecule has 1 aliphatic carbocycles. The Morgan fingerprint density at radius 1 is 1.64 bits per heavy atom. The Bertz CT molecular complexity index is 353. The molecule has 1 aromatic heterocycles. The Morgan fingerprint density at radius 2 is 2.36 bits per heavy atom. The van der Waals surface area contributed by atoms with E-state index in [1.807, 2.05) is 13.8 Å². The van der Waals surface area contributed by atoms with Crippen LogP contribution in [-0.2, 0) is 11.3 Å². The summed E-state index contributed by atoms with van der Waals surface area (Å²) in [5.41, 5.74) is -0.120. The second kappa shape index (κ2) is 3.08. The van der Waals surface area contributed by atoms with Gasteiger partial charge in [0.1, 0.15) is 5.82 Å². The fraction of sp³-hybridized carbons (Fsp3) is 0.667. The molecule has 0 radical (unpaired) electrons. The number of hydrogen-bond donors (Lipinski definition) is 2. The Kier molecular flexibility index (Phi) is 2.02. The normalized spacial score (nSPS) is 17.9. The largest absolute Gasteiger partial charge is 0.348 e. The fourth-order valence-electron chi connectivity index (χ4n) is 1.26. The van der Waals surface area contributed by atoms with Crippen LogP contribution >= 0.6 is 0 Å². The van der Waals surface area contributed by atoms with Gasteiger partial charge in [-0.1, -0.05) is 6.92 Å². The third-order valence-corrected chi connectivity index (χ3v) is 2.60. The lowest BCUT2D eigenvalue weighted by Gasteiger charge is -2.07. The molecule has 0 spiro atoms. The Labute approximate surface area is 82.3 Å². The molecule has 14 heavy (non-hydrogen) atoms. The smallest absolute Gasteiger partial charge is 0.226 e. The van der Waals surface area contributed by atoms with E-state index >= 15 is 0 Å². The molecule has 1 amide bonds. The summed E-state index contributed by atoms with van der Waals surface area (Å²) in [6.07, 6.45) is 1.98. The molecule has 1 heterocycles. The average molecular weight is 194 g/mol. The monoisotopic (exact) mass is 194 g/mol. The zero-order valence-corrected chi connectivity index (χ0v) is 8.42. The molecule has 0 aromatic carbocycles. The number of aromatic nitrogens is 3. The van der Waals surface area contributed by atoms with E-state index in [1.54, 1.807) is 0 Å². The summed E-state index contributed by atoms with van der Waals surface area (Å²) in [4.78, 5) is 15.6. The van der Waals surface area contributed by atoms with Gasteiger partial charge >= 0.3 is 0 Å². The van der Waals surface area contributed by atoms with Crippen LogP contribution in [0.5, 0.6) is 0 Å². The van der Waals surface area contributed by atoms with E-state index in [-0.39, 0.29) is 11.3 Å². The SMILES string of the molecule is Cc1nc(CNC(=O)C2(C)CC2)n[nH]1. The highest BCUT2D eigenvalue weighted by Crippen LogP contribution is 2.44. The van der Waals surface area contributed by atoms with Gasteiger partial charge in [0, 0.05) is 5.41 Å². The molecule has 2 N–H and O–H groups in total. The van der Waals surface area contributed by atoms with Crippen LogP contribution in [-0.4, -0.2) is 21.1 Å². The maximum absolute atomic E-state index is 11.5. The average Bonchev–Trinajstić information content (AvgIpc) is 2.76. The van der Waals surface area contributed by atoms with Gasteiger partial charge in [-0.25, -0.2) is 4.98 Å². The van der Waals surface area contributed by atoms with Crippen molar-refractivity contribution < 1.29 is 4.79 Å². The summed E-state index contributed by atoms with van der Waals surface area (Å²) in [6.45, 7) is 4.23. The van der Waals surface area contributed by atoms with Crippen LogP contribution < -0.4 is 5.32 Å². The standard InChI is InChI=1S/C9H14N4O/c1-6-11-7(13-12-6)5-10-8(14)9(2)3-4-9/h3-5H2,1-2H3,(H,10,14)(H,11,12,13). The molecule has 5 nitrogen and oxygen atoms in total. The first kappa shape index (κ1) is 9.18. The number of rotatable bonds is 3. The highest BCUT2D eigenvalue weighted by atomic mass is 16.2. The van der Waals surface area contributed by atoms with Crippen molar-refractivity contribution in [1.82, 2.24) is 20.5 Å². The van der Waals surface area contributed by atoms with E-state index in [1.165, 1.54) is 0 Å². The Morgan fingerprint density at radius 3 is 2.86 bits per heavy atom. The number of aromatic amines is 1. The van der Waals surface area contributed by atoms with E-state index < -0.39 is 0 Å². The van der Waals surface area contributed by atoms with Crippen molar-refractivity contribution in [3.8, 4) is 0 Å². The summed E-state index contributed by atoms with van der Waals surface area (Å²) in [5, 5.41) is 9.50. The molecular weight excluding hydrogens is 180 g/mol. The molecule has 0 saturated heterocycles. The van der Waals surface area contributed by atoms with Gasteiger partial charge in [-0.2, -0.15) is 5.10 Å². The molecule has 0 atom stereocenters. The molecular formula is C9H14N4O. The van der Waals surface area contributed by atoms with Gasteiger partial charge in [-0.05, 0) is 19.8 Å². The van der Waals surface area contributed by atoms with Crippen molar-refractivity contribution >= 4 is 5.91 Å². The van der Waals surface area contributed by atoms with E-state index in [2.05, 4.69) is 20.5 Å². The Balaban J connectivity index is 1.85. The summed E-state index contributed by atoms with van der Waals surface area (Å²) in [5.74, 6) is 1.52. The molecule has 5 heteroatoms. The van der Waals surface area contributed by atoms with Gasteiger partial charge in [0.05, 0.1) is 6.54 Å². The molecule has 0 bridgehead atoms. The van der Waals surface area contributed by atoms with Gasteiger partial charge in [0.2, 0.25) is 5.91 Å². The van der Waals surface area contributed by atoms with Gasteiger partial charge in [0.25, 0.3) is 0 Å². The van der Waals surface area contributed by atoms with Crippen LogP contribution in [0.15, 0.2) is 0 Å². The molecule has 1 fully saturated rings. The van der Waals surface area contributed by atoms with Crippen molar-refractivity contribution in [3.05, 3.63) is 11.6 Å². The van der Waals surface area contributed by atoms with Crippen molar-refractivity contribution in [1.29, 1.82) is 0 Å². The summed E-state index contributed by atoms with van der Waals surface area (Å²) >= 11 is 0. The van der Waals surface area contributed by atoms with Gasteiger partial charge in [0.15, 0.2) is 5.82 Å². The van der Waals surface area contributed by atoms with Crippen LogP contribution in [0.2, 0.25) is 0 Å². The van der Waals surface area contributed by atoms with E-state index in [9.17, 15) is 4.79 Å². The van der Waals surface area contributed by atoms with Gasteiger partial charge in [-0.3, -0.25) is 9.89 Å². The molecule has 1 saturated carbocycles. The van der Waals surface area contributed by atoms with Gasteiger partial charge in [-0.15, -0.1) is 0 Å². The number of carbonyl (C=O) groups excluding carboxylic acids is 1. The molecule has 1 aromatic rings. The second-order valence-corrected chi connectivity index (χ2v) is 4.08. The number of hydrogen-bond acceptors (Lipinski definition) is 3. The number of carbonyl (C=O) groups is 1. The molecule has 1 aliphatic rings. The zero-order valence-electron chi connectivity index (χ0n) is 8.42. The predicted octanol–water partition coefficient (Wildman–Crippen LogP) is 0.529. The fourth-order valence-corrected chi connectivity index (χ4v) is 1.26. The predicted molar refractivity (Wildman–Crippen MR) is 50.3 cm³/mol. The van der Waals surface area contributed by atoms with E-state index in [4.69, 9.17) is 0 Å². The van der Waals surface area contributed by atoms with Crippen molar-refractivity contribution in [3.63, 3.8) is 0 Å². The first-order valence-corrected chi connectivity index (χ1v) is 4.76. The number of aryl methyl sites for hydroxylation is 1. The first-order chi connectivity index (χ1) is 6.60. The molecule has 2 rings (SSSR count). The lowest BCUT2D eigenvalue weighted by Crippen LogP contribution is -2.30. The number of amides is 1. The van der Waals surface area contributed by atoms with E-state index in [0.29, 0.717) is 12.4 Å². The van der Waals surface area contributed by atoms with Crippen LogP contribution in [0.3, 0.4) is 0 Å². The van der Waals surface area contributed by atoms with Crippen LogP contribution in [0.1, 0.15) is 31.4 Å². The van der Waals surface area contributed by atoms with Crippen molar-refractivity contribution in [2.45, 2.75) is 33.2 Å². The third kappa shape index (κ3) is 1.76. The second-order valence-electron chi connectivity index (χ2n) is 4.08. The summed E-state index contributed by atoms with van der Waals surface area (Å²) in [6, 6.07) is 0. The zero-order chi connectivity index (χ0) is 10.2. The van der Waals surface area contributed by atoms with Crippen molar-refractivity contribution in [2.75, 3.05) is 0 Å². The summed E-state index contributed by atoms with van der Waals surface area (Å²) in [7, 11) is 0. The topological polar surface area (TPSA) is 70.7 Å². The highest BCUT2D eigenvalue weighted by Gasteiger charge is 2.44. The lowest BCUT2D eigenvalue weighted by molar-refractivity contribution is -0.125. The lowest BCUT2D eigenvalue weighted by atomic mass is 10.1. The van der Waals surface area contributed by atoms with Crippen LogP contribution in [0.4, 0.5) is 0 Å². The summed E-state index contributed by atoms with van der Waals surface area (Å²) < 4.78 is 0. The van der Waals surface area contributed by atoms with Crippen molar-refractivity contribution in [2.24, 2.45) is 5.41 Å². The number of nitrogens with zero attached hydrogens (tertiary/aromatic N) is 2. The highest BCUT2D eigenvalue weighted by molar-refractivity contribution is 5.84. The maximum atomic E-state index is 11.5. The van der Waals surface area contributed by atoms with Gasteiger partial charge < -0.3 is 5.32 Å². The molecule has 0 aliphatic heterocycles. The van der Waals surface area contributed by atoms with E-state index in [0.717, 1.165) is 18.7 Å². The van der Waals surface area contributed by atoms with Crippen LogP contribution in [0.25, 0.3) is 0 Å². The third-order valence-electron chi connectivity index (χ3n) is 2.60. The minimum absolute atomic E-state index is 0.111. The van der Waals surface area contributed by atoms with Crippen LogP contribution in [0, 0.1) is 12.3 Å². The minimum atomic E-state index is -0.120. The number of nitrogens with one attached hydrogen (secondary N) is 2. The maximum Gasteiger partial charge on any atom is 0.226 e. The molecule has 76 valence electrons. The first-order valence-electron chi connectivity index (χ1n) is 4.76. The number of H-pyrrole nitrogens is 1. The Hall–Kier alpha value is -1.39. The molecule has 0 unspecified atom stereocenters.